The zero-order valence-corrected chi connectivity index (χ0v) is 16.6. The number of Topliss-reactive ketones (excluding diaryl/α,β-unsaturated/α-hetero) is 1. The lowest BCUT2D eigenvalue weighted by Crippen LogP contribution is -2.34. The Morgan fingerprint density at radius 1 is 1.19 bits per heavy atom. The summed E-state index contributed by atoms with van der Waals surface area (Å²) in [5.41, 5.74) is 5.07. The molecule has 0 radical (unpaired) electrons. The summed E-state index contributed by atoms with van der Waals surface area (Å²) in [5, 5.41) is 3.29. The smallest absolute Gasteiger partial charge is 0.336 e. The number of nitrogens with one attached hydrogen (secondary N) is 1. The standard InChI is InChI=1S/C22H28N2O3/c1-5-24(6-2)16-12-10-15(11-13-16)20-19(22(26)27-4)14(3)23-17-8-7-9-18(25)21(17)20/h10-13,20,23H,5-9H2,1-4H3. The van der Waals surface area contributed by atoms with Crippen LogP contribution in [-0.2, 0) is 14.3 Å². The number of esters is 1. The number of methoxy groups -OCH3 is 1. The van der Waals surface area contributed by atoms with Crippen LogP contribution in [-0.4, -0.2) is 32.0 Å². The highest BCUT2D eigenvalue weighted by atomic mass is 16.5. The van der Waals surface area contributed by atoms with Gasteiger partial charge in [-0.25, -0.2) is 4.79 Å². The number of benzene rings is 1. The van der Waals surface area contributed by atoms with Crippen molar-refractivity contribution in [2.45, 2.75) is 46.0 Å². The van der Waals surface area contributed by atoms with Crippen LogP contribution in [0, 0.1) is 0 Å². The monoisotopic (exact) mass is 368 g/mol. The molecule has 1 aromatic carbocycles. The summed E-state index contributed by atoms with van der Waals surface area (Å²) in [5.74, 6) is -0.634. The summed E-state index contributed by atoms with van der Waals surface area (Å²) < 4.78 is 5.04. The van der Waals surface area contributed by atoms with Crippen molar-refractivity contribution in [2.24, 2.45) is 0 Å². The molecule has 0 amide bonds. The van der Waals surface area contributed by atoms with E-state index < -0.39 is 0 Å². The fourth-order valence-electron chi connectivity index (χ4n) is 4.16. The summed E-state index contributed by atoms with van der Waals surface area (Å²) >= 11 is 0. The van der Waals surface area contributed by atoms with Crippen LogP contribution in [0.5, 0.6) is 0 Å². The number of carbonyl (C=O) groups is 2. The van der Waals surface area contributed by atoms with Gasteiger partial charge in [0.1, 0.15) is 0 Å². The second kappa shape index (κ2) is 7.99. The lowest BCUT2D eigenvalue weighted by molar-refractivity contribution is -0.136. The van der Waals surface area contributed by atoms with Crippen LogP contribution in [0.4, 0.5) is 5.69 Å². The highest BCUT2D eigenvalue weighted by molar-refractivity contribution is 6.03. The third-order valence-electron chi connectivity index (χ3n) is 5.54. The highest BCUT2D eigenvalue weighted by Crippen LogP contribution is 2.42. The van der Waals surface area contributed by atoms with Crippen molar-refractivity contribution < 1.29 is 14.3 Å². The molecular weight excluding hydrogens is 340 g/mol. The van der Waals surface area contributed by atoms with E-state index in [1.165, 1.54) is 7.11 Å². The maximum Gasteiger partial charge on any atom is 0.336 e. The molecule has 0 saturated heterocycles. The topological polar surface area (TPSA) is 58.6 Å². The molecule has 0 spiro atoms. The Morgan fingerprint density at radius 3 is 2.44 bits per heavy atom. The molecule has 3 rings (SSSR count). The molecule has 5 heteroatoms. The van der Waals surface area contributed by atoms with Gasteiger partial charge in [-0.05, 0) is 51.3 Å². The lowest BCUT2D eigenvalue weighted by Gasteiger charge is -2.34. The molecular formula is C22H28N2O3. The zero-order chi connectivity index (χ0) is 19.6. The van der Waals surface area contributed by atoms with Gasteiger partial charge in [0.15, 0.2) is 5.78 Å². The maximum absolute atomic E-state index is 12.8. The van der Waals surface area contributed by atoms with E-state index in [9.17, 15) is 9.59 Å². The maximum atomic E-state index is 12.8. The Balaban J connectivity index is 2.09. The van der Waals surface area contributed by atoms with Gasteiger partial charge in [-0.3, -0.25) is 4.79 Å². The number of ether oxygens (including phenoxy) is 1. The second-order valence-electron chi connectivity index (χ2n) is 7.02. The lowest BCUT2D eigenvalue weighted by atomic mass is 9.75. The second-order valence-corrected chi connectivity index (χ2v) is 7.02. The number of hydrogen-bond donors (Lipinski definition) is 1. The third-order valence-corrected chi connectivity index (χ3v) is 5.54. The van der Waals surface area contributed by atoms with Crippen LogP contribution in [0.1, 0.15) is 51.5 Å². The predicted molar refractivity (Wildman–Crippen MR) is 106 cm³/mol. The van der Waals surface area contributed by atoms with Crippen molar-refractivity contribution >= 4 is 17.4 Å². The summed E-state index contributed by atoms with van der Waals surface area (Å²) in [4.78, 5) is 27.6. The number of nitrogens with zero attached hydrogens (tertiary/aromatic N) is 1. The third kappa shape index (κ3) is 3.51. The van der Waals surface area contributed by atoms with Crippen LogP contribution in [0.15, 0.2) is 46.8 Å². The molecule has 1 aromatic rings. The molecule has 144 valence electrons. The van der Waals surface area contributed by atoms with E-state index in [2.05, 4.69) is 36.2 Å². The minimum Gasteiger partial charge on any atom is -0.466 e. The average Bonchev–Trinajstić information content (AvgIpc) is 2.68. The van der Waals surface area contributed by atoms with Crippen molar-refractivity contribution in [3.05, 3.63) is 52.4 Å². The molecule has 0 saturated carbocycles. The Bertz CT molecular complexity index is 801. The van der Waals surface area contributed by atoms with Gasteiger partial charge < -0.3 is 15.0 Å². The number of carbonyl (C=O) groups excluding carboxylic acids is 2. The van der Waals surface area contributed by atoms with E-state index in [4.69, 9.17) is 4.74 Å². The summed E-state index contributed by atoms with van der Waals surface area (Å²) in [6, 6.07) is 8.21. The molecule has 1 heterocycles. The molecule has 5 nitrogen and oxygen atoms in total. The Hall–Kier alpha value is -2.56. The van der Waals surface area contributed by atoms with Gasteiger partial charge >= 0.3 is 5.97 Å². The van der Waals surface area contributed by atoms with Crippen molar-refractivity contribution in [2.75, 3.05) is 25.1 Å². The van der Waals surface area contributed by atoms with Gasteiger partial charge in [0, 0.05) is 48.1 Å². The SMILES string of the molecule is CCN(CC)c1ccc(C2C(C(=O)OC)=C(C)NC3=C2C(=O)CCC3)cc1. The van der Waals surface area contributed by atoms with E-state index in [0.29, 0.717) is 12.0 Å². The van der Waals surface area contributed by atoms with E-state index in [1.807, 2.05) is 19.1 Å². The minimum absolute atomic E-state index is 0.121. The first-order valence-electron chi connectivity index (χ1n) is 9.69. The van der Waals surface area contributed by atoms with Crippen molar-refractivity contribution in [3.8, 4) is 0 Å². The number of dihydropyridines is 1. The van der Waals surface area contributed by atoms with Crippen molar-refractivity contribution in [3.63, 3.8) is 0 Å². The first-order chi connectivity index (χ1) is 13.0. The summed E-state index contributed by atoms with van der Waals surface area (Å²) in [6.07, 6.45) is 2.21. The van der Waals surface area contributed by atoms with Crippen LogP contribution >= 0.6 is 0 Å². The van der Waals surface area contributed by atoms with Gasteiger partial charge in [-0.2, -0.15) is 0 Å². The number of anilines is 1. The first kappa shape index (κ1) is 19.2. The largest absolute Gasteiger partial charge is 0.466 e. The Labute approximate surface area is 161 Å². The van der Waals surface area contributed by atoms with Gasteiger partial charge in [-0.1, -0.05) is 12.1 Å². The number of rotatable bonds is 5. The van der Waals surface area contributed by atoms with Crippen LogP contribution in [0.2, 0.25) is 0 Å². The molecule has 1 aliphatic carbocycles. The minimum atomic E-state index is -0.386. The van der Waals surface area contributed by atoms with E-state index in [0.717, 1.165) is 54.1 Å². The van der Waals surface area contributed by atoms with Crippen molar-refractivity contribution in [1.29, 1.82) is 0 Å². The predicted octanol–water partition coefficient (Wildman–Crippen LogP) is 3.67. The Kier molecular flexibility index (Phi) is 5.68. The van der Waals surface area contributed by atoms with Gasteiger partial charge in [-0.15, -0.1) is 0 Å². The fraction of sp³-hybridized carbons (Fsp3) is 0.455. The van der Waals surface area contributed by atoms with Gasteiger partial charge in [0.05, 0.1) is 12.7 Å². The highest BCUT2D eigenvalue weighted by Gasteiger charge is 2.38. The molecule has 2 aliphatic rings. The molecule has 0 aromatic heterocycles. The van der Waals surface area contributed by atoms with Crippen LogP contribution in [0.3, 0.4) is 0 Å². The van der Waals surface area contributed by atoms with Crippen LogP contribution < -0.4 is 10.2 Å². The number of allylic oxidation sites excluding steroid dienone is 3. The quantitative estimate of drug-likeness (QED) is 0.804. The molecule has 27 heavy (non-hydrogen) atoms. The first-order valence-corrected chi connectivity index (χ1v) is 9.69. The van der Waals surface area contributed by atoms with E-state index >= 15 is 0 Å². The number of ketones is 1. The molecule has 1 atom stereocenters. The van der Waals surface area contributed by atoms with Crippen LogP contribution in [0.25, 0.3) is 0 Å². The van der Waals surface area contributed by atoms with Crippen molar-refractivity contribution in [1.82, 2.24) is 5.32 Å². The molecule has 0 fully saturated rings. The molecule has 1 N–H and O–H groups in total. The van der Waals surface area contributed by atoms with Gasteiger partial charge in [0.25, 0.3) is 0 Å². The fourth-order valence-corrected chi connectivity index (χ4v) is 4.16. The van der Waals surface area contributed by atoms with E-state index in [-0.39, 0.29) is 17.7 Å². The van der Waals surface area contributed by atoms with Gasteiger partial charge in [0.2, 0.25) is 0 Å². The molecule has 1 aliphatic heterocycles. The number of hydrogen-bond acceptors (Lipinski definition) is 5. The Morgan fingerprint density at radius 2 is 1.85 bits per heavy atom. The average molecular weight is 368 g/mol. The summed E-state index contributed by atoms with van der Waals surface area (Å²) in [7, 11) is 1.38. The summed E-state index contributed by atoms with van der Waals surface area (Å²) in [6.45, 7) is 8.01. The zero-order valence-electron chi connectivity index (χ0n) is 16.6. The van der Waals surface area contributed by atoms with E-state index in [1.54, 1.807) is 0 Å². The molecule has 0 bridgehead atoms. The molecule has 1 unspecified atom stereocenters. The normalized spacial score (nSPS) is 19.6.